The first kappa shape index (κ1) is 12.8. The number of benzene rings is 1. The van der Waals surface area contributed by atoms with Crippen molar-refractivity contribution in [3.8, 4) is 12.3 Å². The number of terminal acetylenes is 1. The van der Waals surface area contributed by atoms with Crippen LogP contribution in [0.15, 0.2) is 29.2 Å². The van der Waals surface area contributed by atoms with Gasteiger partial charge >= 0.3 is 0 Å². The van der Waals surface area contributed by atoms with Gasteiger partial charge in [-0.3, -0.25) is 4.55 Å². The summed E-state index contributed by atoms with van der Waals surface area (Å²) in [4.78, 5) is -0.102. The predicted octanol–water partition coefficient (Wildman–Crippen LogP) is 2.14. The van der Waals surface area contributed by atoms with Crippen LogP contribution in [0.25, 0.3) is 0 Å². The van der Waals surface area contributed by atoms with Gasteiger partial charge in [-0.2, -0.15) is 8.42 Å². The van der Waals surface area contributed by atoms with Crippen LogP contribution >= 0.6 is 0 Å². The normalized spacial score (nSPS) is 12.1. The molecule has 0 aliphatic rings. The van der Waals surface area contributed by atoms with Gasteiger partial charge < -0.3 is 0 Å². The summed E-state index contributed by atoms with van der Waals surface area (Å²) in [6, 6.07) is 6.05. The summed E-state index contributed by atoms with van der Waals surface area (Å²) in [5.74, 6) is 2.67. The van der Waals surface area contributed by atoms with Gasteiger partial charge in [0.1, 0.15) is 0 Å². The third-order valence-corrected chi connectivity index (χ3v) is 3.13. The van der Waals surface area contributed by atoms with Crippen LogP contribution in [0.4, 0.5) is 0 Å². The molecule has 1 aromatic rings. The van der Waals surface area contributed by atoms with E-state index in [0.717, 1.165) is 5.56 Å². The Morgan fingerprint density at radius 1 is 1.31 bits per heavy atom. The van der Waals surface area contributed by atoms with Gasteiger partial charge in [0.25, 0.3) is 10.1 Å². The van der Waals surface area contributed by atoms with E-state index in [-0.39, 0.29) is 10.3 Å². The Bertz CT molecular complexity index is 504. The molecule has 1 rings (SSSR count). The van der Waals surface area contributed by atoms with Crippen molar-refractivity contribution < 1.29 is 13.0 Å². The molecule has 0 aromatic heterocycles. The maximum absolute atomic E-state index is 10.8. The SMILES string of the molecule is C#CC(C)(C)Cc1ccc(S(=O)(=O)O)cc1. The van der Waals surface area contributed by atoms with Gasteiger partial charge in [0.15, 0.2) is 0 Å². The minimum absolute atomic E-state index is 0.102. The van der Waals surface area contributed by atoms with Crippen molar-refractivity contribution in [3.63, 3.8) is 0 Å². The lowest BCUT2D eigenvalue weighted by atomic mass is 9.87. The van der Waals surface area contributed by atoms with Crippen LogP contribution in [0.2, 0.25) is 0 Å². The summed E-state index contributed by atoms with van der Waals surface area (Å²) < 4.78 is 30.4. The molecule has 0 heterocycles. The van der Waals surface area contributed by atoms with Crippen molar-refractivity contribution in [3.05, 3.63) is 29.8 Å². The van der Waals surface area contributed by atoms with Crippen molar-refractivity contribution in [1.82, 2.24) is 0 Å². The molecule has 0 atom stereocenters. The fourth-order valence-electron chi connectivity index (χ4n) is 1.34. The van der Waals surface area contributed by atoms with E-state index in [1.54, 1.807) is 12.1 Å². The lowest BCUT2D eigenvalue weighted by Crippen LogP contribution is -2.11. The third-order valence-electron chi connectivity index (χ3n) is 2.26. The van der Waals surface area contributed by atoms with Crippen molar-refractivity contribution in [1.29, 1.82) is 0 Å². The van der Waals surface area contributed by atoms with E-state index in [2.05, 4.69) is 5.92 Å². The second-order valence-corrected chi connectivity index (χ2v) is 5.75. The molecule has 0 spiro atoms. The minimum atomic E-state index is -4.11. The highest BCUT2D eigenvalue weighted by Crippen LogP contribution is 2.21. The van der Waals surface area contributed by atoms with E-state index in [0.29, 0.717) is 6.42 Å². The molecule has 1 N–H and O–H groups in total. The van der Waals surface area contributed by atoms with Crippen molar-refractivity contribution in [2.75, 3.05) is 0 Å². The summed E-state index contributed by atoms with van der Waals surface area (Å²) in [7, 11) is -4.11. The molecule has 4 heteroatoms. The van der Waals surface area contributed by atoms with Gasteiger partial charge in [-0.15, -0.1) is 12.3 Å². The molecule has 0 aliphatic heterocycles. The maximum atomic E-state index is 10.8. The molecule has 86 valence electrons. The topological polar surface area (TPSA) is 54.4 Å². The van der Waals surface area contributed by atoms with Gasteiger partial charge in [-0.05, 0) is 38.0 Å². The molecule has 0 bridgehead atoms. The van der Waals surface area contributed by atoms with Gasteiger partial charge in [-0.1, -0.05) is 12.1 Å². The molecule has 0 saturated heterocycles. The van der Waals surface area contributed by atoms with Crippen molar-refractivity contribution in [2.45, 2.75) is 25.2 Å². The molecule has 0 amide bonds. The predicted molar refractivity (Wildman–Crippen MR) is 62.6 cm³/mol. The first-order valence-electron chi connectivity index (χ1n) is 4.79. The Morgan fingerprint density at radius 2 is 1.81 bits per heavy atom. The summed E-state index contributed by atoms with van der Waals surface area (Å²) in [6.07, 6.45) is 6.03. The molecule has 16 heavy (non-hydrogen) atoms. The van der Waals surface area contributed by atoms with Crippen molar-refractivity contribution >= 4 is 10.1 Å². The second kappa shape index (κ2) is 4.28. The largest absolute Gasteiger partial charge is 0.294 e. The first-order valence-corrected chi connectivity index (χ1v) is 6.23. The fraction of sp³-hybridized carbons (Fsp3) is 0.333. The Morgan fingerprint density at radius 3 is 2.19 bits per heavy atom. The standard InChI is InChI=1S/C12H14O3S/c1-4-12(2,3)9-10-5-7-11(8-6-10)16(13,14)15/h1,5-8H,9H2,2-3H3,(H,13,14,15). The lowest BCUT2D eigenvalue weighted by Gasteiger charge is -2.17. The van der Waals surface area contributed by atoms with Crippen molar-refractivity contribution in [2.24, 2.45) is 5.41 Å². The lowest BCUT2D eigenvalue weighted by molar-refractivity contribution is 0.483. The number of rotatable bonds is 3. The van der Waals surface area contributed by atoms with Gasteiger partial charge in [0.05, 0.1) is 4.90 Å². The molecule has 0 fully saturated rings. The Labute approximate surface area is 96.2 Å². The zero-order valence-electron chi connectivity index (χ0n) is 9.27. The molecular formula is C12H14O3S. The molecule has 1 aromatic carbocycles. The summed E-state index contributed by atoms with van der Waals surface area (Å²) in [6.45, 7) is 3.87. The van der Waals surface area contributed by atoms with Crippen LogP contribution in [0, 0.1) is 17.8 Å². The Hall–Kier alpha value is -1.31. The van der Waals surface area contributed by atoms with Crippen LogP contribution < -0.4 is 0 Å². The summed E-state index contributed by atoms with van der Waals surface area (Å²) in [5, 5.41) is 0. The highest BCUT2D eigenvalue weighted by molar-refractivity contribution is 7.85. The van der Waals surface area contributed by atoms with E-state index in [9.17, 15) is 8.42 Å². The fourth-order valence-corrected chi connectivity index (χ4v) is 1.82. The average Bonchev–Trinajstić information content (AvgIpc) is 2.16. The molecule has 0 aliphatic carbocycles. The van der Waals surface area contributed by atoms with Crippen LogP contribution in [0.5, 0.6) is 0 Å². The van der Waals surface area contributed by atoms with E-state index < -0.39 is 10.1 Å². The summed E-state index contributed by atoms with van der Waals surface area (Å²) in [5.41, 5.74) is 0.676. The quantitative estimate of drug-likeness (QED) is 0.648. The molecule has 3 nitrogen and oxygen atoms in total. The van der Waals surface area contributed by atoms with Gasteiger partial charge in [0, 0.05) is 5.41 Å². The van der Waals surface area contributed by atoms with E-state index in [1.165, 1.54) is 12.1 Å². The molecule has 0 saturated carbocycles. The highest BCUT2D eigenvalue weighted by Gasteiger charge is 2.15. The van der Waals surface area contributed by atoms with Gasteiger partial charge in [0.2, 0.25) is 0 Å². The highest BCUT2D eigenvalue weighted by atomic mass is 32.2. The van der Waals surface area contributed by atoms with Gasteiger partial charge in [-0.25, -0.2) is 0 Å². The second-order valence-electron chi connectivity index (χ2n) is 4.32. The van der Waals surface area contributed by atoms with E-state index >= 15 is 0 Å². The first-order chi connectivity index (χ1) is 7.24. The Kier molecular flexibility index (Phi) is 3.41. The van der Waals surface area contributed by atoms with Crippen LogP contribution in [-0.4, -0.2) is 13.0 Å². The molecule has 0 radical (unpaired) electrons. The Balaban J connectivity index is 2.94. The zero-order valence-corrected chi connectivity index (χ0v) is 10.1. The zero-order chi connectivity index (χ0) is 12.4. The number of hydrogen-bond donors (Lipinski definition) is 1. The van der Waals surface area contributed by atoms with E-state index in [4.69, 9.17) is 11.0 Å². The summed E-state index contributed by atoms with van der Waals surface area (Å²) >= 11 is 0. The third kappa shape index (κ3) is 3.37. The number of hydrogen-bond acceptors (Lipinski definition) is 2. The average molecular weight is 238 g/mol. The molecule has 0 unspecified atom stereocenters. The van der Waals surface area contributed by atoms with Crippen LogP contribution in [0.3, 0.4) is 0 Å². The molecular weight excluding hydrogens is 224 g/mol. The monoisotopic (exact) mass is 238 g/mol. The van der Waals surface area contributed by atoms with Crippen LogP contribution in [0.1, 0.15) is 19.4 Å². The van der Waals surface area contributed by atoms with Crippen LogP contribution in [-0.2, 0) is 16.5 Å². The van der Waals surface area contributed by atoms with E-state index in [1.807, 2.05) is 13.8 Å². The maximum Gasteiger partial charge on any atom is 0.294 e. The smallest absolute Gasteiger partial charge is 0.282 e. The minimum Gasteiger partial charge on any atom is -0.282 e.